The number of aromatic nitrogens is 1. The molecule has 0 radical (unpaired) electrons. The van der Waals surface area contributed by atoms with Gasteiger partial charge in [0.1, 0.15) is 23.0 Å². The summed E-state index contributed by atoms with van der Waals surface area (Å²) >= 11 is 0. The topological polar surface area (TPSA) is 91.7 Å². The van der Waals surface area contributed by atoms with Crippen LogP contribution in [-0.2, 0) is 5.60 Å². The lowest BCUT2D eigenvalue weighted by molar-refractivity contribution is 0.0437. The minimum atomic E-state index is -3.05. The van der Waals surface area contributed by atoms with Gasteiger partial charge in [-0.15, -0.1) is 0 Å². The van der Waals surface area contributed by atoms with Crippen LogP contribution in [-0.4, -0.2) is 27.4 Å². The van der Waals surface area contributed by atoms with E-state index in [1.54, 1.807) is 0 Å². The van der Waals surface area contributed by atoms with E-state index in [1.807, 2.05) is 58.2 Å². The molecule has 3 heterocycles. The molecule has 0 bridgehead atoms. The average Bonchev–Trinajstić information content (AvgIpc) is 3.43. The number of rotatable bonds is 6. The second kappa shape index (κ2) is 9.54. The monoisotopic (exact) mass is 499 g/mol. The maximum Gasteiger partial charge on any atom is 0.292 e. The molecule has 9 heteroatoms. The van der Waals surface area contributed by atoms with E-state index in [0.717, 1.165) is 27.8 Å². The van der Waals surface area contributed by atoms with Crippen molar-refractivity contribution in [1.29, 1.82) is 0 Å². The molecule has 1 aliphatic rings. The van der Waals surface area contributed by atoms with Crippen molar-refractivity contribution < 1.29 is 27.5 Å². The standard InChI is InChI=1S/C27H31F2N3O4/c1-14(2)13-30-18-10-11-32(25(33)23-21(24(28)29)31-26(36-23)27(5,6)34)22(16(18)4)20-12-17-15(3)8-7-9-19(17)35-20/h7-9,12-13,22,24,30,34H,10-11H2,1-6H3. The second-order valence-electron chi connectivity index (χ2n) is 9.91. The fraction of sp³-hybridized carbons (Fsp3) is 0.407. The molecular formula is C27H31F2N3O4. The van der Waals surface area contributed by atoms with E-state index in [0.29, 0.717) is 17.8 Å². The van der Waals surface area contributed by atoms with Gasteiger partial charge in [0.15, 0.2) is 5.69 Å². The quantitative estimate of drug-likeness (QED) is 0.415. The highest BCUT2D eigenvalue weighted by atomic mass is 19.3. The first-order valence-corrected chi connectivity index (χ1v) is 11.8. The molecule has 36 heavy (non-hydrogen) atoms. The van der Waals surface area contributed by atoms with E-state index in [-0.39, 0.29) is 12.4 Å². The molecule has 4 rings (SSSR count). The minimum absolute atomic E-state index is 0.233. The van der Waals surface area contributed by atoms with Gasteiger partial charge >= 0.3 is 0 Å². The number of amides is 1. The number of aryl methyl sites for hydroxylation is 1. The molecule has 7 nitrogen and oxygen atoms in total. The van der Waals surface area contributed by atoms with Crippen LogP contribution < -0.4 is 5.32 Å². The first-order chi connectivity index (χ1) is 16.9. The van der Waals surface area contributed by atoms with Crippen LogP contribution in [0.2, 0.25) is 0 Å². The van der Waals surface area contributed by atoms with Gasteiger partial charge in [-0.25, -0.2) is 13.8 Å². The molecule has 0 saturated carbocycles. The summed E-state index contributed by atoms with van der Waals surface area (Å²) in [7, 11) is 0. The number of furan rings is 1. The number of hydrogen-bond acceptors (Lipinski definition) is 6. The van der Waals surface area contributed by atoms with Crippen LogP contribution in [0.15, 0.2) is 56.1 Å². The van der Waals surface area contributed by atoms with E-state index in [1.165, 1.54) is 18.7 Å². The van der Waals surface area contributed by atoms with Gasteiger partial charge < -0.3 is 24.2 Å². The number of hydrogen-bond donors (Lipinski definition) is 2. The van der Waals surface area contributed by atoms with Crippen molar-refractivity contribution in [3.8, 4) is 0 Å². The number of halogens is 2. The Morgan fingerprint density at radius 2 is 2.00 bits per heavy atom. The molecule has 1 atom stereocenters. The molecule has 0 fully saturated rings. The molecule has 0 aliphatic carbocycles. The Bertz CT molecular complexity index is 1360. The SMILES string of the molecule is CC(C)=CNC1=C(C)C(c2cc3c(C)cccc3o2)N(C(=O)c2oc(C(C)(C)O)nc2C(F)F)CC1. The van der Waals surface area contributed by atoms with Gasteiger partial charge in [-0.2, -0.15) is 0 Å². The fourth-order valence-corrected chi connectivity index (χ4v) is 4.35. The molecule has 1 aliphatic heterocycles. The Balaban J connectivity index is 1.84. The van der Waals surface area contributed by atoms with Gasteiger partial charge in [0.25, 0.3) is 12.3 Å². The van der Waals surface area contributed by atoms with Gasteiger partial charge in [-0.1, -0.05) is 17.7 Å². The molecule has 0 spiro atoms. The third-order valence-corrected chi connectivity index (χ3v) is 6.24. The molecule has 1 unspecified atom stereocenters. The Labute approximate surface area is 208 Å². The zero-order chi connectivity index (χ0) is 26.4. The van der Waals surface area contributed by atoms with Crippen molar-refractivity contribution in [2.24, 2.45) is 0 Å². The Morgan fingerprint density at radius 1 is 1.28 bits per heavy atom. The molecule has 2 aromatic heterocycles. The number of benzene rings is 1. The number of allylic oxidation sites excluding steroid dienone is 1. The van der Waals surface area contributed by atoms with Gasteiger partial charge in [-0.3, -0.25) is 4.79 Å². The van der Waals surface area contributed by atoms with Gasteiger partial charge in [0.05, 0.1) is 0 Å². The highest BCUT2D eigenvalue weighted by Crippen LogP contribution is 2.40. The summed E-state index contributed by atoms with van der Waals surface area (Å²) in [4.78, 5) is 19.0. The van der Waals surface area contributed by atoms with Gasteiger partial charge in [0, 0.05) is 24.0 Å². The van der Waals surface area contributed by atoms with E-state index in [9.17, 15) is 18.7 Å². The maximum absolute atomic E-state index is 13.9. The first kappa shape index (κ1) is 25.6. The molecule has 2 N–H and O–H groups in total. The summed E-state index contributed by atoms with van der Waals surface area (Å²) in [5, 5.41) is 14.5. The fourth-order valence-electron chi connectivity index (χ4n) is 4.35. The van der Waals surface area contributed by atoms with Gasteiger partial charge in [-0.05, 0) is 71.0 Å². The van der Waals surface area contributed by atoms with Crippen molar-refractivity contribution in [3.63, 3.8) is 0 Å². The average molecular weight is 500 g/mol. The molecular weight excluding hydrogens is 468 g/mol. The number of nitrogens with one attached hydrogen (secondary N) is 1. The maximum atomic E-state index is 13.9. The van der Waals surface area contributed by atoms with E-state index >= 15 is 0 Å². The van der Waals surface area contributed by atoms with Crippen molar-refractivity contribution >= 4 is 16.9 Å². The largest absolute Gasteiger partial charge is 0.458 e. The normalized spacial score (nSPS) is 16.7. The lowest BCUT2D eigenvalue weighted by Gasteiger charge is -2.36. The van der Waals surface area contributed by atoms with Crippen molar-refractivity contribution in [2.45, 2.75) is 66.0 Å². The zero-order valence-electron chi connectivity index (χ0n) is 21.3. The summed E-state index contributed by atoms with van der Waals surface area (Å²) < 4.78 is 39.3. The minimum Gasteiger partial charge on any atom is -0.458 e. The summed E-state index contributed by atoms with van der Waals surface area (Å²) in [6.45, 7) is 10.7. The van der Waals surface area contributed by atoms with E-state index in [4.69, 9.17) is 8.83 Å². The summed E-state index contributed by atoms with van der Waals surface area (Å²) in [5.41, 5.74) is 2.10. The van der Waals surface area contributed by atoms with Crippen LogP contribution in [0.4, 0.5) is 8.78 Å². The number of carbonyl (C=O) groups excluding carboxylic acids is 1. The van der Waals surface area contributed by atoms with Gasteiger partial charge in [0.2, 0.25) is 11.7 Å². The number of carbonyl (C=O) groups is 1. The van der Waals surface area contributed by atoms with E-state index < -0.39 is 35.4 Å². The molecule has 1 aromatic carbocycles. The summed E-state index contributed by atoms with van der Waals surface area (Å²) in [6, 6.07) is 6.94. The first-order valence-electron chi connectivity index (χ1n) is 11.8. The molecule has 3 aromatic rings. The third-order valence-electron chi connectivity index (χ3n) is 6.24. The molecule has 192 valence electrons. The van der Waals surface area contributed by atoms with Crippen molar-refractivity contribution in [2.75, 3.05) is 6.54 Å². The number of fused-ring (bicyclic) bond motifs is 1. The Morgan fingerprint density at radius 3 is 2.61 bits per heavy atom. The number of aliphatic hydroxyl groups is 1. The van der Waals surface area contributed by atoms with Crippen LogP contribution >= 0.6 is 0 Å². The Kier molecular flexibility index (Phi) is 6.79. The number of oxazole rings is 1. The lowest BCUT2D eigenvalue weighted by Crippen LogP contribution is -2.41. The van der Waals surface area contributed by atoms with Crippen LogP contribution in [0.25, 0.3) is 11.0 Å². The van der Waals surface area contributed by atoms with Crippen LogP contribution in [0.5, 0.6) is 0 Å². The number of nitrogens with zero attached hydrogens (tertiary/aromatic N) is 2. The predicted molar refractivity (Wildman–Crippen MR) is 131 cm³/mol. The van der Waals surface area contributed by atoms with Crippen molar-refractivity contribution in [3.05, 3.63) is 76.0 Å². The smallest absolute Gasteiger partial charge is 0.292 e. The summed E-state index contributed by atoms with van der Waals surface area (Å²) in [6.07, 6.45) is -0.683. The second-order valence-corrected chi connectivity index (χ2v) is 9.91. The highest BCUT2D eigenvalue weighted by Gasteiger charge is 2.40. The van der Waals surface area contributed by atoms with Crippen LogP contribution in [0.1, 0.15) is 87.0 Å². The predicted octanol–water partition coefficient (Wildman–Crippen LogP) is 6.27. The lowest BCUT2D eigenvalue weighted by atomic mass is 9.95. The molecule has 1 amide bonds. The summed E-state index contributed by atoms with van der Waals surface area (Å²) in [5.74, 6) is -1.14. The van der Waals surface area contributed by atoms with E-state index in [2.05, 4.69) is 10.3 Å². The Hall–Kier alpha value is -3.46. The van der Waals surface area contributed by atoms with Crippen LogP contribution in [0.3, 0.4) is 0 Å². The third kappa shape index (κ3) is 4.80. The van der Waals surface area contributed by atoms with Crippen molar-refractivity contribution in [1.82, 2.24) is 15.2 Å². The zero-order valence-corrected chi connectivity index (χ0v) is 21.3. The van der Waals surface area contributed by atoms with Crippen LogP contribution in [0, 0.1) is 6.92 Å². The molecule has 0 saturated heterocycles. The number of alkyl halides is 2. The highest BCUT2D eigenvalue weighted by molar-refractivity contribution is 5.93.